The number of hydrogen-bond donors (Lipinski definition) is 1. The fourth-order valence-corrected chi connectivity index (χ4v) is 0.760. The first kappa shape index (κ1) is 3.99. The lowest BCUT2D eigenvalue weighted by atomic mass is 10.8. The van der Waals surface area contributed by atoms with Gasteiger partial charge in [-0.1, -0.05) is 0 Å². The Morgan fingerprint density at radius 2 is 2.83 bits per heavy atom. The minimum absolute atomic E-state index is 1.06. The van der Waals surface area contributed by atoms with Gasteiger partial charge in [-0.05, 0) is 11.9 Å². The summed E-state index contributed by atoms with van der Waals surface area (Å²) in [5.74, 6) is 1.11. The van der Waals surface area contributed by atoms with Crippen LogP contribution in [0.4, 0.5) is 0 Å². The van der Waals surface area contributed by atoms with Gasteiger partial charge in [-0.3, -0.25) is 0 Å². The van der Waals surface area contributed by atoms with Crippen LogP contribution in [0.1, 0.15) is 0 Å². The van der Waals surface area contributed by atoms with Gasteiger partial charge in [-0.15, -0.1) is 0 Å². The first-order valence-corrected chi connectivity index (χ1v) is 2.81. The van der Waals surface area contributed by atoms with Crippen LogP contribution >= 0.6 is 11.9 Å². The molecular weight excluding hydrogens is 96.1 g/mol. The van der Waals surface area contributed by atoms with Gasteiger partial charge < -0.3 is 5.32 Å². The quantitative estimate of drug-likeness (QED) is 0.444. The highest BCUT2D eigenvalue weighted by atomic mass is 32.2. The molecule has 0 saturated heterocycles. The van der Waals surface area contributed by atoms with Crippen molar-refractivity contribution in [3.05, 3.63) is 0 Å². The van der Waals surface area contributed by atoms with E-state index in [1.54, 1.807) is 18.3 Å². The van der Waals surface area contributed by atoms with E-state index in [9.17, 15) is 0 Å². The standard InChI is InChI=1S/C3H6N2S/c1-2-6-5-3-4-1/h3H,1-2H2,(H,4,5). The van der Waals surface area contributed by atoms with E-state index in [-0.39, 0.29) is 0 Å². The van der Waals surface area contributed by atoms with Crippen molar-refractivity contribution in [2.45, 2.75) is 0 Å². The lowest BCUT2D eigenvalue weighted by molar-refractivity contribution is 0.991. The van der Waals surface area contributed by atoms with E-state index in [4.69, 9.17) is 0 Å². The molecule has 34 valence electrons. The van der Waals surface area contributed by atoms with Crippen molar-refractivity contribution in [3.8, 4) is 0 Å². The molecule has 0 saturated carbocycles. The van der Waals surface area contributed by atoms with Gasteiger partial charge in [0.1, 0.15) is 0 Å². The van der Waals surface area contributed by atoms with E-state index >= 15 is 0 Å². The fourth-order valence-electron chi connectivity index (χ4n) is 0.296. The molecule has 0 aromatic rings. The van der Waals surface area contributed by atoms with E-state index in [1.165, 1.54) is 0 Å². The van der Waals surface area contributed by atoms with Crippen molar-refractivity contribution in [1.29, 1.82) is 0 Å². The Bertz CT molecular complexity index is 53.8. The lowest BCUT2D eigenvalue weighted by Crippen LogP contribution is -2.17. The van der Waals surface area contributed by atoms with Crippen LogP contribution < -0.4 is 5.32 Å². The number of nitrogens with one attached hydrogen (secondary N) is 1. The van der Waals surface area contributed by atoms with Crippen LogP contribution in [0.15, 0.2) is 4.40 Å². The van der Waals surface area contributed by atoms with E-state index in [0.29, 0.717) is 0 Å². The molecular formula is C3H6N2S. The van der Waals surface area contributed by atoms with Crippen molar-refractivity contribution in [3.63, 3.8) is 0 Å². The summed E-state index contributed by atoms with van der Waals surface area (Å²) in [7, 11) is 0. The van der Waals surface area contributed by atoms with Crippen LogP contribution in [-0.4, -0.2) is 18.6 Å². The average Bonchev–Trinajstić information content (AvgIpc) is 1.72. The van der Waals surface area contributed by atoms with Gasteiger partial charge in [0.25, 0.3) is 0 Å². The molecule has 6 heavy (non-hydrogen) atoms. The Morgan fingerprint density at radius 3 is 3.00 bits per heavy atom. The molecule has 1 aliphatic heterocycles. The summed E-state index contributed by atoms with van der Waals surface area (Å²) in [4.78, 5) is 0. The van der Waals surface area contributed by atoms with Gasteiger partial charge in [-0.2, -0.15) is 0 Å². The summed E-state index contributed by atoms with van der Waals surface area (Å²) >= 11 is 1.60. The summed E-state index contributed by atoms with van der Waals surface area (Å²) in [5.41, 5.74) is 0. The zero-order valence-corrected chi connectivity index (χ0v) is 4.16. The molecule has 0 amide bonds. The van der Waals surface area contributed by atoms with Crippen LogP contribution in [0, 0.1) is 0 Å². The molecule has 0 fully saturated rings. The molecule has 0 aliphatic carbocycles. The summed E-state index contributed by atoms with van der Waals surface area (Å²) in [5, 5.41) is 2.97. The predicted octanol–water partition coefficient (Wildman–Crippen LogP) is 0.266. The van der Waals surface area contributed by atoms with E-state index in [2.05, 4.69) is 9.71 Å². The van der Waals surface area contributed by atoms with Crippen molar-refractivity contribution < 1.29 is 0 Å². The Hall–Kier alpha value is -0.180. The van der Waals surface area contributed by atoms with Crippen molar-refractivity contribution in [2.24, 2.45) is 4.40 Å². The molecule has 0 spiro atoms. The van der Waals surface area contributed by atoms with E-state index < -0.39 is 0 Å². The lowest BCUT2D eigenvalue weighted by Gasteiger charge is -2.00. The molecule has 1 aliphatic rings. The topological polar surface area (TPSA) is 24.4 Å². The second-order valence-electron chi connectivity index (χ2n) is 1.02. The molecule has 0 aromatic heterocycles. The predicted molar refractivity (Wildman–Crippen MR) is 29.0 cm³/mol. The molecule has 0 unspecified atom stereocenters. The molecule has 3 heteroatoms. The third kappa shape index (κ3) is 0.897. The first-order valence-electron chi connectivity index (χ1n) is 1.87. The summed E-state index contributed by atoms with van der Waals surface area (Å²) in [6, 6.07) is 0. The SMILES string of the molecule is C1=NSCCN1. The third-order valence-corrected chi connectivity index (χ3v) is 1.20. The van der Waals surface area contributed by atoms with Crippen LogP contribution in [0.2, 0.25) is 0 Å². The molecule has 0 bridgehead atoms. The van der Waals surface area contributed by atoms with Gasteiger partial charge in [-0.25, -0.2) is 4.40 Å². The molecule has 1 heterocycles. The first-order chi connectivity index (χ1) is 3.00. The van der Waals surface area contributed by atoms with Crippen LogP contribution in [-0.2, 0) is 0 Å². The van der Waals surface area contributed by atoms with E-state index in [0.717, 1.165) is 12.3 Å². The van der Waals surface area contributed by atoms with Gasteiger partial charge in [0.15, 0.2) is 0 Å². The normalized spacial score (nSPS) is 20.0. The average molecular weight is 102 g/mol. The third-order valence-electron chi connectivity index (χ3n) is 0.556. The van der Waals surface area contributed by atoms with Crippen LogP contribution in [0.3, 0.4) is 0 Å². The summed E-state index contributed by atoms with van der Waals surface area (Å²) in [6.45, 7) is 1.06. The summed E-state index contributed by atoms with van der Waals surface area (Å²) < 4.78 is 3.86. The van der Waals surface area contributed by atoms with Gasteiger partial charge >= 0.3 is 0 Å². The fraction of sp³-hybridized carbons (Fsp3) is 0.667. The van der Waals surface area contributed by atoms with Gasteiger partial charge in [0.05, 0.1) is 6.34 Å². The van der Waals surface area contributed by atoms with Gasteiger partial charge in [0, 0.05) is 12.3 Å². The second kappa shape index (κ2) is 2.08. The van der Waals surface area contributed by atoms with Crippen molar-refractivity contribution in [2.75, 3.05) is 12.3 Å². The Morgan fingerprint density at radius 1 is 1.83 bits per heavy atom. The minimum atomic E-state index is 1.06. The second-order valence-corrected chi connectivity index (χ2v) is 1.90. The van der Waals surface area contributed by atoms with Crippen molar-refractivity contribution >= 4 is 18.3 Å². The van der Waals surface area contributed by atoms with Crippen molar-refractivity contribution in [1.82, 2.24) is 5.32 Å². The zero-order chi connectivity index (χ0) is 4.24. The molecule has 0 atom stereocenters. The number of nitrogens with zero attached hydrogens (tertiary/aromatic N) is 1. The Balaban J connectivity index is 2.26. The zero-order valence-electron chi connectivity index (χ0n) is 3.35. The molecule has 0 radical (unpaired) electrons. The largest absolute Gasteiger partial charge is 0.375 e. The molecule has 1 N–H and O–H groups in total. The number of rotatable bonds is 0. The monoisotopic (exact) mass is 102 g/mol. The van der Waals surface area contributed by atoms with Crippen LogP contribution in [0.25, 0.3) is 0 Å². The minimum Gasteiger partial charge on any atom is -0.375 e. The maximum Gasteiger partial charge on any atom is 0.0963 e. The van der Waals surface area contributed by atoms with Crippen LogP contribution in [0.5, 0.6) is 0 Å². The molecule has 2 nitrogen and oxygen atoms in total. The maximum atomic E-state index is 3.86. The van der Waals surface area contributed by atoms with Gasteiger partial charge in [0.2, 0.25) is 0 Å². The summed E-state index contributed by atoms with van der Waals surface area (Å²) in [6.07, 6.45) is 1.73. The Kier molecular flexibility index (Phi) is 1.38. The molecule has 0 aromatic carbocycles. The maximum absolute atomic E-state index is 3.86. The van der Waals surface area contributed by atoms with E-state index in [1.807, 2.05) is 0 Å². The molecule has 1 rings (SSSR count). The highest BCUT2D eigenvalue weighted by Crippen LogP contribution is 1.99. The number of hydrogen-bond acceptors (Lipinski definition) is 3. The smallest absolute Gasteiger partial charge is 0.0963 e. The Labute approximate surface area is 41.2 Å². The highest BCUT2D eigenvalue weighted by molar-refractivity contribution is 7.98. The highest BCUT2D eigenvalue weighted by Gasteiger charge is 1.86.